The lowest BCUT2D eigenvalue weighted by atomic mass is 9.74. The normalized spacial score (nSPS) is 48.3. The summed E-state index contributed by atoms with van der Waals surface area (Å²) in [5, 5.41) is 48.2. The largest absolute Gasteiger partial charge is 0.462 e. The van der Waals surface area contributed by atoms with E-state index in [9.17, 15) is 25.3 Å². The maximum absolute atomic E-state index is 14.2. The van der Waals surface area contributed by atoms with Crippen LogP contribution in [0.1, 0.15) is 94.9 Å². The van der Waals surface area contributed by atoms with Crippen molar-refractivity contribution in [2.45, 2.75) is 174 Å². The molecule has 14 heteroatoms. The third-order valence-electron chi connectivity index (χ3n) is 12.4. The summed E-state index contributed by atoms with van der Waals surface area (Å²) in [5.41, 5.74) is -1.77. The fraction of sp³-hybridized carbons (Fsp3) is 0.947. The average molecular weight is 747 g/mol. The molecule has 0 saturated carbocycles. The molecule has 0 aromatic carbocycles. The van der Waals surface area contributed by atoms with Gasteiger partial charge in [0, 0.05) is 50.4 Å². The Labute approximate surface area is 311 Å². The number of aliphatic hydroxyl groups excluding tert-OH is 3. The highest BCUT2D eigenvalue weighted by atomic mass is 16.7. The number of aliphatic hydroxyl groups is 3. The third kappa shape index (κ3) is 9.66. The Morgan fingerprint density at radius 3 is 2.02 bits per heavy atom. The van der Waals surface area contributed by atoms with Gasteiger partial charge in [-0.05, 0) is 68.0 Å². The average Bonchev–Trinajstić information content (AvgIpc) is 3.10. The van der Waals surface area contributed by atoms with Crippen molar-refractivity contribution in [1.29, 1.82) is 0 Å². The third-order valence-corrected chi connectivity index (χ3v) is 12.4. The molecular formula is C38H70N2O12. The minimum absolute atomic E-state index is 0.172. The number of carbonyl (C=O) groups excluding carboxylic acids is 1. The minimum atomic E-state index is -1.15. The van der Waals surface area contributed by atoms with Crippen LogP contribution in [0.25, 0.3) is 0 Å². The first-order valence-electron chi connectivity index (χ1n) is 19.0. The molecule has 0 aromatic rings. The summed E-state index contributed by atoms with van der Waals surface area (Å²) in [6, 6.07) is -0.255. The molecular weight excluding hydrogens is 676 g/mol. The van der Waals surface area contributed by atoms with Crippen LogP contribution >= 0.6 is 0 Å². The van der Waals surface area contributed by atoms with Crippen molar-refractivity contribution in [3.05, 3.63) is 0 Å². The van der Waals surface area contributed by atoms with E-state index in [0.717, 1.165) is 0 Å². The van der Waals surface area contributed by atoms with Crippen LogP contribution in [0, 0.1) is 29.6 Å². The van der Waals surface area contributed by atoms with E-state index in [-0.39, 0.29) is 25.0 Å². The summed E-state index contributed by atoms with van der Waals surface area (Å²) in [7, 11) is 6.89. The number of hydrogen-bond acceptors (Lipinski definition) is 14. The first kappa shape index (κ1) is 44.9. The molecule has 14 nitrogen and oxygen atoms in total. The van der Waals surface area contributed by atoms with Gasteiger partial charge in [0.2, 0.25) is 0 Å². The second-order valence-electron chi connectivity index (χ2n) is 16.5. The molecule has 3 heterocycles. The molecule has 52 heavy (non-hydrogen) atoms. The van der Waals surface area contributed by atoms with Crippen molar-refractivity contribution in [3.8, 4) is 0 Å². The zero-order chi connectivity index (χ0) is 39.5. The lowest BCUT2D eigenvalue weighted by molar-refractivity contribution is -0.319. The maximum Gasteiger partial charge on any atom is 0.311 e. The molecule has 0 radical (unpaired) electrons. The first-order valence-corrected chi connectivity index (χ1v) is 19.0. The van der Waals surface area contributed by atoms with Crippen LogP contribution in [0.15, 0.2) is 5.16 Å². The molecule has 3 saturated heterocycles. The summed E-state index contributed by atoms with van der Waals surface area (Å²) in [6.45, 7) is 18.4. The van der Waals surface area contributed by atoms with E-state index in [4.69, 9.17) is 33.2 Å². The Kier molecular flexibility index (Phi) is 15.9. The van der Waals surface area contributed by atoms with Crippen molar-refractivity contribution in [1.82, 2.24) is 4.90 Å². The summed E-state index contributed by atoms with van der Waals surface area (Å²) < 4.78 is 44.4. The number of rotatable bonds is 8. The van der Waals surface area contributed by atoms with Crippen LogP contribution in [0.5, 0.6) is 0 Å². The van der Waals surface area contributed by atoms with E-state index >= 15 is 0 Å². The summed E-state index contributed by atoms with van der Waals surface area (Å²) in [6.07, 6.45) is -6.74. The molecule has 0 amide bonds. The van der Waals surface area contributed by atoms with E-state index in [1.807, 2.05) is 60.5 Å². The van der Waals surface area contributed by atoms with Crippen LogP contribution in [0.4, 0.5) is 0 Å². The van der Waals surface area contributed by atoms with Gasteiger partial charge in [-0.3, -0.25) is 4.79 Å². The van der Waals surface area contributed by atoms with E-state index in [1.165, 1.54) is 7.11 Å². The van der Waals surface area contributed by atoms with E-state index in [2.05, 4.69) is 5.16 Å². The highest BCUT2D eigenvalue weighted by molar-refractivity contribution is 5.88. The summed E-state index contributed by atoms with van der Waals surface area (Å²) >= 11 is 0. The number of carbonyl (C=O) groups is 1. The fourth-order valence-corrected chi connectivity index (χ4v) is 8.73. The SMILES string of the molecule is CC[C@H]1OC(=O)[C@H](C)[C@@H](O[C@H]2C[C@@](C)(OC)[C@@H](O)[C@H](C)O2)[C@H](C)[C@@H](O[C@@H]2O[C@H](C)C[C@H](N(C)C)[C@H]2O)[C@](C)(OC)C[C@@H](C)/C(=N\O)[C@H](C)[C@@H](O)[C@H]1C. The van der Waals surface area contributed by atoms with Gasteiger partial charge in [0.15, 0.2) is 12.6 Å². The van der Waals surface area contributed by atoms with Gasteiger partial charge in [-0.15, -0.1) is 0 Å². The van der Waals surface area contributed by atoms with Gasteiger partial charge in [-0.1, -0.05) is 39.8 Å². The van der Waals surface area contributed by atoms with Crippen molar-refractivity contribution >= 4 is 11.7 Å². The quantitative estimate of drug-likeness (QED) is 0.161. The Morgan fingerprint density at radius 2 is 1.48 bits per heavy atom. The molecule has 0 bridgehead atoms. The number of likely N-dealkylation sites (N-methyl/N-ethyl adjacent to an activating group) is 1. The lowest BCUT2D eigenvalue weighted by Gasteiger charge is -2.49. The first-order chi connectivity index (χ1) is 24.2. The molecule has 4 N–H and O–H groups in total. The molecule has 0 aromatic heterocycles. The van der Waals surface area contributed by atoms with Crippen molar-refractivity contribution in [3.63, 3.8) is 0 Å². The number of oxime groups is 1. The highest BCUT2D eigenvalue weighted by Crippen LogP contribution is 2.41. The van der Waals surface area contributed by atoms with Gasteiger partial charge in [0.1, 0.15) is 18.3 Å². The number of cyclic esters (lactones) is 1. The highest BCUT2D eigenvalue weighted by Gasteiger charge is 2.52. The number of esters is 1. The number of ether oxygens (including phenoxy) is 7. The van der Waals surface area contributed by atoms with E-state index < -0.39 is 102 Å². The fourth-order valence-electron chi connectivity index (χ4n) is 8.73. The predicted octanol–water partition coefficient (Wildman–Crippen LogP) is 3.59. The molecule has 3 aliphatic rings. The van der Waals surface area contributed by atoms with Gasteiger partial charge < -0.3 is 58.6 Å². The number of nitrogens with zero attached hydrogens (tertiary/aromatic N) is 2. The smallest absolute Gasteiger partial charge is 0.311 e. The van der Waals surface area contributed by atoms with Gasteiger partial charge in [0.05, 0.1) is 53.4 Å². The van der Waals surface area contributed by atoms with Crippen LogP contribution in [-0.2, 0) is 38.0 Å². The van der Waals surface area contributed by atoms with Crippen LogP contribution in [0.3, 0.4) is 0 Å². The molecule has 18 atom stereocenters. The summed E-state index contributed by atoms with van der Waals surface area (Å²) in [4.78, 5) is 16.1. The van der Waals surface area contributed by atoms with Crippen LogP contribution in [0.2, 0.25) is 0 Å². The van der Waals surface area contributed by atoms with E-state index in [0.29, 0.717) is 18.6 Å². The Morgan fingerprint density at radius 1 is 0.865 bits per heavy atom. The lowest BCUT2D eigenvalue weighted by Crippen LogP contribution is -2.61. The van der Waals surface area contributed by atoms with Crippen LogP contribution < -0.4 is 0 Å². The summed E-state index contributed by atoms with van der Waals surface area (Å²) in [5.74, 6) is -3.54. The van der Waals surface area contributed by atoms with E-state index in [1.54, 1.807) is 34.8 Å². The monoisotopic (exact) mass is 746 g/mol. The molecule has 304 valence electrons. The number of methoxy groups -OCH3 is 2. The molecule has 0 aliphatic carbocycles. The Balaban J connectivity index is 2.22. The van der Waals surface area contributed by atoms with Gasteiger partial charge in [-0.25, -0.2) is 0 Å². The van der Waals surface area contributed by atoms with Crippen LogP contribution in [-0.4, -0.2) is 144 Å². The standard InChI is InChI=1S/C38H70N2O12/c1-15-27-21(4)30(41)22(5)29(39-45)19(2)17-38(10,47-14)34(52-36-31(42)26(40(11)12)16-20(3)48-36)23(6)32(24(7)35(44)50-27)51-28-18-37(9,46-13)33(43)25(8)49-28/h19-28,30-34,36,41-43,45H,15-18H2,1-14H3/b39-29+/t19-,20-,21+,22+,23+,24-,25+,26+,27-,28+,30+,31-,32+,33+,34-,36+,37-,38-/m1/s1. The van der Waals surface area contributed by atoms with Crippen molar-refractivity contribution < 1.29 is 58.5 Å². The minimum Gasteiger partial charge on any atom is -0.462 e. The number of hydrogen-bond donors (Lipinski definition) is 4. The zero-order valence-corrected chi connectivity index (χ0v) is 34.0. The molecule has 3 rings (SSSR count). The molecule has 3 aliphatic heterocycles. The molecule has 3 fully saturated rings. The van der Waals surface area contributed by atoms with Gasteiger partial charge >= 0.3 is 5.97 Å². The topological polar surface area (TPSA) is 178 Å². The Bertz CT molecular complexity index is 1180. The predicted molar refractivity (Wildman–Crippen MR) is 194 cm³/mol. The Hall–Kier alpha value is -1.46. The van der Waals surface area contributed by atoms with Gasteiger partial charge in [-0.2, -0.15) is 0 Å². The maximum atomic E-state index is 14.2. The zero-order valence-electron chi connectivity index (χ0n) is 34.0. The van der Waals surface area contributed by atoms with Crippen molar-refractivity contribution in [2.75, 3.05) is 28.3 Å². The molecule has 0 spiro atoms. The molecule has 0 unspecified atom stereocenters. The van der Waals surface area contributed by atoms with Gasteiger partial charge in [0.25, 0.3) is 0 Å². The second-order valence-corrected chi connectivity index (χ2v) is 16.5. The second kappa shape index (κ2) is 18.4. The van der Waals surface area contributed by atoms with Crippen molar-refractivity contribution in [2.24, 2.45) is 34.7 Å².